The largest absolute Gasteiger partial charge is 0.439 e. The molecule has 7 rings (SSSR count). The Bertz CT molecular complexity index is 1440. The number of aromatic nitrogens is 2. The molecule has 5 nitrogen and oxygen atoms in total. The highest BCUT2D eigenvalue weighted by molar-refractivity contribution is 5.85. The van der Waals surface area contributed by atoms with Gasteiger partial charge in [-0.05, 0) is 74.8 Å². The van der Waals surface area contributed by atoms with Gasteiger partial charge in [0.1, 0.15) is 11.2 Å². The van der Waals surface area contributed by atoms with Gasteiger partial charge in [-0.15, -0.1) is 0 Å². The molecular weight excluding hydrogens is 451 g/mol. The Balaban J connectivity index is 0.00000252. The maximum Gasteiger partial charge on any atom is 0.209 e. The monoisotopic (exact) mass is 488 g/mol. The minimum Gasteiger partial charge on any atom is -0.439 e. The maximum atomic E-state index is 15.0. The van der Waals surface area contributed by atoms with Gasteiger partial charge in [-0.1, -0.05) is 30.7 Å². The van der Waals surface area contributed by atoms with E-state index in [2.05, 4.69) is 58.1 Å². The van der Waals surface area contributed by atoms with Crippen LogP contribution in [0.5, 0.6) is 0 Å². The Morgan fingerprint density at radius 2 is 2.00 bits per heavy atom. The van der Waals surface area contributed by atoms with Gasteiger partial charge < -0.3 is 9.40 Å². The Morgan fingerprint density at radius 1 is 1.19 bits per heavy atom. The molecule has 0 radical (unpaired) electrons. The number of halogens is 1. The standard InChI is InChI=1S/C30H35FN4O.H2/c1-19-13-22-21-7-4-5-8-23(21)33-27(22)28(35(19)16-29(2,3)31)20-9-10-25-24(14-20)32-26(36-25)15-34-17-30(18-34)11-6-12-30;/h4-5,7-10,14,19,28,33H,6,11-13,15-18H2,1-3H3;1H/t19-,28-;/m1./s1. The summed E-state index contributed by atoms with van der Waals surface area (Å²) >= 11 is 0. The highest BCUT2D eigenvalue weighted by atomic mass is 19.1. The fourth-order valence-electron chi connectivity index (χ4n) is 6.97. The van der Waals surface area contributed by atoms with E-state index in [4.69, 9.17) is 9.40 Å². The predicted octanol–water partition coefficient (Wildman–Crippen LogP) is 6.63. The zero-order valence-electron chi connectivity index (χ0n) is 21.5. The van der Waals surface area contributed by atoms with Crippen molar-refractivity contribution >= 4 is 22.0 Å². The van der Waals surface area contributed by atoms with E-state index in [0.29, 0.717) is 12.0 Å². The minimum absolute atomic E-state index is 0. The van der Waals surface area contributed by atoms with Gasteiger partial charge in [-0.25, -0.2) is 9.37 Å². The van der Waals surface area contributed by atoms with E-state index < -0.39 is 5.67 Å². The van der Waals surface area contributed by atoms with Crippen LogP contribution in [0.25, 0.3) is 22.0 Å². The van der Waals surface area contributed by atoms with Crippen molar-refractivity contribution in [2.24, 2.45) is 5.41 Å². The molecule has 2 atom stereocenters. The Morgan fingerprint density at radius 3 is 2.75 bits per heavy atom. The highest BCUT2D eigenvalue weighted by Gasteiger charge is 2.47. The topological polar surface area (TPSA) is 48.3 Å². The molecule has 2 aromatic carbocycles. The fraction of sp³-hybridized carbons (Fsp3) is 0.500. The number of H-pyrrole nitrogens is 1. The highest BCUT2D eigenvalue weighted by Crippen LogP contribution is 2.48. The Labute approximate surface area is 213 Å². The number of alkyl halides is 1. The first-order valence-corrected chi connectivity index (χ1v) is 13.4. The smallest absolute Gasteiger partial charge is 0.209 e. The lowest BCUT2D eigenvalue weighted by Crippen LogP contribution is -2.58. The van der Waals surface area contributed by atoms with Crippen LogP contribution in [0.1, 0.15) is 70.2 Å². The predicted molar refractivity (Wildman–Crippen MR) is 143 cm³/mol. The van der Waals surface area contributed by atoms with Gasteiger partial charge in [0.2, 0.25) is 5.89 Å². The van der Waals surface area contributed by atoms with E-state index in [1.807, 2.05) is 6.07 Å². The molecule has 1 aliphatic carbocycles. The molecule has 0 bridgehead atoms. The second-order valence-electron chi connectivity index (χ2n) is 12.2. The number of hydrogen-bond donors (Lipinski definition) is 1. The summed E-state index contributed by atoms with van der Waals surface area (Å²) in [4.78, 5) is 13.4. The number of nitrogens with one attached hydrogen (secondary N) is 1. The van der Waals surface area contributed by atoms with Crippen molar-refractivity contribution in [2.45, 2.75) is 70.8 Å². The first-order valence-electron chi connectivity index (χ1n) is 13.4. The summed E-state index contributed by atoms with van der Waals surface area (Å²) in [6.07, 6.45) is 5.04. The van der Waals surface area contributed by atoms with Crippen molar-refractivity contribution in [3.05, 3.63) is 65.2 Å². The lowest BCUT2D eigenvalue weighted by molar-refractivity contribution is -0.0677. The van der Waals surface area contributed by atoms with Crippen LogP contribution in [0.3, 0.4) is 0 Å². The molecule has 1 saturated carbocycles. The van der Waals surface area contributed by atoms with Crippen molar-refractivity contribution < 1.29 is 10.2 Å². The molecule has 1 spiro atoms. The third kappa shape index (κ3) is 3.69. The summed E-state index contributed by atoms with van der Waals surface area (Å²) in [5, 5.41) is 1.27. The van der Waals surface area contributed by atoms with E-state index in [1.165, 1.54) is 49.0 Å². The number of para-hydroxylation sites is 1. The molecule has 2 aliphatic heterocycles. The van der Waals surface area contributed by atoms with Gasteiger partial charge in [-0.2, -0.15) is 0 Å². The van der Waals surface area contributed by atoms with Gasteiger partial charge in [0.05, 0.1) is 12.6 Å². The van der Waals surface area contributed by atoms with Crippen LogP contribution in [0, 0.1) is 5.41 Å². The maximum absolute atomic E-state index is 15.0. The third-order valence-electron chi connectivity index (χ3n) is 8.74. The molecule has 190 valence electrons. The first kappa shape index (κ1) is 22.5. The molecule has 2 aromatic heterocycles. The quantitative estimate of drug-likeness (QED) is 0.343. The SMILES string of the molecule is C[C@@H]1Cc2c([nH]c3ccccc23)[C@@H](c2ccc3oc(CN4CC5(CCC5)C4)nc3c2)N1CC(C)(C)F.[HH]. The van der Waals surface area contributed by atoms with Crippen LogP contribution < -0.4 is 0 Å². The van der Waals surface area contributed by atoms with Crippen molar-refractivity contribution in [1.29, 1.82) is 0 Å². The van der Waals surface area contributed by atoms with E-state index in [9.17, 15) is 0 Å². The summed E-state index contributed by atoms with van der Waals surface area (Å²) in [6, 6.07) is 15.0. The van der Waals surface area contributed by atoms with Crippen LogP contribution >= 0.6 is 0 Å². The average molecular weight is 489 g/mol. The lowest BCUT2D eigenvalue weighted by Gasteiger charge is -2.55. The number of benzene rings is 2. The molecule has 6 heteroatoms. The van der Waals surface area contributed by atoms with Gasteiger partial charge >= 0.3 is 0 Å². The lowest BCUT2D eigenvalue weighted by atomic mass is 9.63. The molecule has 36 heavy (non-hydrogen) atoms. The second-order valence-corrected chi connectivity index (χ2v) is 12.2. The second kappa shape index (κ2) is 7.90. The van der Waals surface area contributed by atoms with E-state index in [0.717, 1.165) is 41.0 Å². The first-order chi connectivity index (χ1) is 17.3. The van der Waals surface area contributed by atoms with Crippen LogP contribution in [0.15, 0.2) is 46.9 Å². The molecular formula is C30H37FN4O. The average Bonchev–Trinajstić information content (AvgIpc) is 3.34. The van der Waals surface area contributed by atoms with E-state index >= 15 is 4.39 Å². The van der Waals surface area contributed by atoms with Gasteiger partial charge in [0.15, 0.2) is 5.58 Å². The molecule has 1 N–H and O–H groups in total. The zero-order valence-corrected chi connectivity index (χ0v) is 21.5. The Hall–Kier alpha value is -2.70. The molecule has 4 heterocycles. The van der Waals surface area contributed by atoms with E-state index in [-0.39, 0.29) is 13.5 Å². The molecule has 0 unspecified atom stereocenters. The van der Waals surface area contributed by atoms with Gasteiger partial charge in [-0.3, -0.25) is 9.80 Å². The van der Waals surface area contributed by atoms with Crippen LogP contribution in [-0.4, -0.2) is 51.1 Å². The molecule has 0 amide bonds. The summed E-state index contributed by atoms with van der Waals surface area (Å²) in [5.74, 6) is 0.793. The van der Waals surface area contributed by atoms with Crippen molar-refractivity contribution in [3.63, 3.8) is 0 Å². The third-order valence-corrected chi connectivity index (χ3v) is 8.74. The zero-order chi connectivity index (χ0) is 24.7. The van der Waals surface area contributed by atoms with Crippen LogP contribution in [0.2, 0.25) is 0 Å². The summed E-state index contributed by atoms with van der Waals surface area (Å²) in [6.45, 7) is 9.07. The van der Waals surface area contributed by atoms with Crippen LogP contribution in [0.4, 0.5) is 4.39 Å². The number of rotatable bonds is 5. The number of oxazole rings is 1. The van der Waals surface area contributed by atoms with Crippen molar-refractivity contribution in [1.82, 2.24) is 19.8 Å². The number of hydrogen-bond acceptors (Lipinski definition) is 4. The molecule has 4 aromatic rings. The normalized spacial score (nSPS) is 24.2. The molecule has 3 aliphatic rings. The number of aromatic amines is 1. The van der Waals surface area contributed by atoms with Gasteiger partial charge in [0, 0.05) is 43.7 Å². The number of likely N-dealkylation sites (tertiary alicyclic amines) is 1. The number of fused-ring (bicyclic) bond motifs is 4. The van der Waals surface area contributed by atoms with Crippen molar-refractivity contribution in [2.75, 3.05) is 19.6 Å². The van der Waals surface area contributed by atoms with Crippen molar-refractivity contribution in [3.8, 4) is 0 Å². The number of nitrogens with zero attached hydrogens (tertiary/aromatic N) is 3. The van der Waals surface area contributed by atoms with E-state index in [1.54, 1.807) is 13.8 Å². The molecule has 2 fully saturated rings. The Kier molecular flexibility index (Phi) is 4.93. The fourth-order valence-corrected chi connectivity index (χ4v) is 6.97. The summed E-state index contributed by atoms with van der Waals surface area (Å²) in [7, 11) is 0. The summed E-state index contributed by atoms with van der Waals surface area (Å²) < 4.78 is 21.2. The minimum atomic E-state index is -1.30. The van der Waals surface area contributed by atoms with Crippen LogP contribution in [-0.2, 0) is 13.0 Å². The molecule has 1 saturated heterocycles. The van der Waals surface area contributed by atoms with Gasteiger partial charge in [0.25, 0.3) is 0 Å². The summed E-state index contributed by atoms with van der Waals surface area (Å²) in [5.41, 5.74) is 5.81.